The number of ketones is 1. The van der Waals surface area contributed by atoms with Crippen LogP contribution >= 0.6 is 11.3 Å². The van der Waals surface area contributed by atoms with E-state index in [1.165, 1.54) is 6.92 Å². The first kappa shape index (κ1) is 11.1. The Morgan fingerprint density at radius 2 is 1.72 bits per heavy atom. The Labute approximate surface area is 107 Å². The molecule has 0 aliphatic heterocycles. The summed E-state index contributed by atoms with van der Waals surface area (Å²) in [5.41, 5.74) is 0.683. The highest BCUT2D eigenvalue weighted by molar-refractivity contribution is 7.24. The molecule has 1 heterocycles. The zero-order valence-corrected chi connectivity index (χ0v) is 10.6. The Morgan fingerprint density at radius 3 is 2.50 bits per heavy atom. The minimum atomic E-state index is 0.0182. The van der Waals surface area contributed by atoms with E-state index in [1.807, 2.05) is 24.3 Å². The summed E-state index contributed by atoms with van der Waals surface area (Å²) in [5, 5.41) is 1.43. The van der Waals surface area contributed by atoms with Crippen LogP contribution < -0.4 is 5.43 Å². The van der Waals surface area contributed by atoms with Crippen molar-refractivity contribution in [3.05, 3.63) is 58.3 Å². The van der Waals surface area contributed by atoms with Gasteiger partial charge in [-0.25, -0.2) is 0 Å². The van der Waals surface area contributed by atoms with Crippen molar-refractivity contribution in [2.24, 2.45) is 0 Å². The van der Waals surface area contributed by atoms with Crippen LogP contribution in [0.15, 0.2) is 47.3 Å². The summed E-state index contributed by atoms with van der Waals surface area (Å²) in [6.07, 6.45) is 0. The van der Waals surface area contributed by atoms with Gasteiger partial charge in [-0.05, 0) is 31.2 Å². The highest BCUT2D eigenvalue weighted by Crippen LogP contribution is 2.25. The van der Waals surface area contributed by atoms with Gasteiger partial charge in [0.25, 0.3) is 0 Å². The standard InChI is InChI=1S/C15H10O2S/c1-9(16)10-6-7-12-14(8-10)18-13-5-3-2-4-11(13)15(12)17/h2-8H,1H3. The second-order valence-corrected chi connectivity index (χ2v) is 5.28. The summed E-state index contributed by atoms with van der Waals surface area (Å²) >= 11 is 1.54. The third kappa shape index (κ3) is 1.64. The molecule has 0 radical (unpaired) electrons. The van der Waals surface area contributed by atoms with Crippen molar-refractivity contribution < 1.29 is 4.79 Å². The van der Waals surface area contributed by atoms with Gasteiger partial charge in [-0.1, -0.05) is 18.2 Å². The van der Waals surface area contributed by atoms with E-state index in [9.17, 15) is 9.59 Å². The van der Waals surface area contributed by atoms with E-state index < -0.39 is 0 Å². The van der Waals surface area contributed by atoms with Crippen LogP contribution in [0, 0.1) is 0 Å². The molecule has 0 fully saturated rings. The molecule has 0 aliphatic rings. The number of carbonyl (C=O) groups excluding carboxylic acids is 1. The molecular formula is C15H10O2S. The summed E-state index contributed by atoms with van der Waals surface area (Å²) in [7, 11) is 0. The molecular weight excluding hydrogens is 244 g/mol. The van der Waals surface area contributed by atoms with Crippen LogP contribution in [0.2, 0.25) is 0 Å². The lowest BCUT2D eigenvalue weighted by Gasteiger charge is -2.02. The Balaban J connectivity index is 2.48. The first-order chi connectivity index (χ1) is 8.66. The van der Waals surface area contributed by atoms with Gasteiger partial charge >= 0.3 is 0 Å². The Morgan fingerprint density at radius 1 is 1.00 bits per heavy atom. The Kier molecular flexibility index (Phi) is 2.49. The predicted octanol–water partition coefficient (Wildman–Crippen LogP) is 3.62. The number of hydrogen-bond donors (Lipinski definition) is 0. The summed E-state index contributed by atoms with van der Waals surface area (Å²) in [4.78, 5) is 23.7. The maximum absolute atomic E-state index is 12.3. The normalized spacial score (nSPS) is 10.9. The van der Waals surface area contributed by atoms with Crippen molar-refractivity contribution >= 4 is 37.3 Å². The molecule has 3 aromatic rings. The molecule has 88 valence electrons. The first-order valence-corrected chi connectivity index (χ1v) is 6.45. The van der Waals surface area contributed by atoms with Gasteiger partial charge in [-0.3, -0.25) is 9.59 Å². The maximum atomic E-state index is 12.3. The summed E-state index contributed by atoms with van der Waals surface area (Å²) in [5.74, 6) is 0.0182. The van der Waals surface area contributed by atoms with Crippen LogP contribution in [0.4, 0.5) is 0 Å². The molecule has 18 heavy (non-hydrogen) atoms. The maximum Gasteiger partial charge on any atom is 0.195 e. The first-order valence-electron chi connectivity index (χ1n) is 5.63. The molecule has 3 heteroatoms. The lowest BCUT2D eigenvalue weighted by Crippen LogP contribution is -2.01. The fourth-order valence-electron chi connectivity index (χ4n) is 2.02. The third-order valence-corrected chi connectivity index (χ3v) is 4.12. The van der Waals surface area contributed by atoms with Crippen LogP contribution in [-0.2, 0) is 0 Å². The molecule has 3 rings (SSSR count). The smallest absolute Gasteiger partial charge is 0.195 e. The SMILES string of the molecule is CC(=O)c1ccc2c(=O)c3ccccc3sc2c1. The molecule has 0 spiro atoms. The van der Waals surface area contributed by atoms with Crippen LogP contribution in [-0.4, -0.2) is 5.78 Å². The molecule has 0 bridgehead atoms. The second-order valence-electron chi connectivity index (χ2n) is 4.19. The van der Waals surface area contributed by atoms with Gasteiger partial charge in [-0.15, -0.1) is 11.3 Å². The van der Waals surface area contributed by atoms with Crippen molar-refractivity contribution in [3.8, 4) is 0 Å². The van der Waals surface area contributed by atoms with E-state index in [4.69, 9.17) is 0 Å². The fourth-order valence-corrected chi connectivity index (χ4v) is 3.13. The van der Waals surface area contributed by atoms with Gasteiger partial charge in [0, 0.05) is 25.7 Å². The fraction of sp³-hybridized carbons (Fsp3) is 0.0667. The van der Waals surface area contributed by atoms with E-state index in [0.29, 0.717) is 10.9 Å². The Hall–Kier alpha value is -2.00. The van der Waals surface area contributed by atoms with E-state index in [-0.39, 0.29) is 11.2 Å². The molecule has 0 amide bonds. The van der Waals surface area contributed by atoms with Crippen LogP contribution in [0.25, 0.3) is 20.2 Å². The average Bonchev–Trinajstić information content (AvgIpc) is 2.38. The molecule has 2 nitrogen and oxygen atoms in total. The molecule has 0 aliphatic carbocycles. The molecule has 0 saturated carbocycles. The van der Waals surface area contributed by atoms with Crippen molar-refractivity contribution in [3.63, 3.8) is 0 Å². The van der Waals surface area contributed by atoms with Crippen LogP contribution in [0.5, 0.6) is 0 Å². The van der Waals surface area contributed by atoms with Gasteiger partial charge < -0.3 is 0 Å². The molecule has 1 aromatic heterocycles. The zero-order valence-electron chi connectivity index (χ0n) is 9.77. The summed E-state index contributed by atoms with van der Waals surface area (Å²) in [6.45, 7) is 1.53. The van der Waals surface area contributed by atoms with Crippen molar-refractivity contribution in [1.29, 1.82) is 0 Å². The van der Waals surface area contributed by atoms with Crippen LogP contribution in [0.3, 0.4) is 0 Å². The summed E-state index contributed by atoms with van der Waals surface area (Å²) < 4.78 is 1.82. The molecule has 0 saturated heterocycles. The van der Waals surface area contributed by atoms with E-state index in [0.717, 1.165) is 14.8 Å². The predicted molar refractivity (Wildman–Crippen MR) is 75.6 cm³/mol. The quantitative estimate of drug-likeness (QED) is 0.491. The zero-order chi connectivity index (χ0) is 12.7. The number of rotatable bonds is 1. The Bertz CT molecular complexity index is 831. The lowest BCUT2D eigenvalue weighted by atomic mass is 10.1. The van der Waals surface area contributed by atoms with E-state index >= 15 is 0 Å². The topological polar surface area (TPSA) is 34.1 Å². The number of benzene rings is 2. The molecule has 0 atom stereocenters. The molecule has 2 aromatic carbocycles. The van der Waals surface area contributed by atoms with Gasteiger partial charge in [-0.2, -0.15) is 0 Å². The number of carbonyl (C=O) groups is 1. The highest BCUT2D eigenvalue weighted by Gasteiger charge is 2.07. The minimum Gasteiger partial charge on any atom is -0.295 e. The van der Waals surface area contributed by atoms with Gasteiger partial charge in [0.2, 0.25) is 0 Å². The van der Waals surface area contributed by atoms with Gasteiger partial charge in [0.05, 0.1) is 0 Å². The van der Waals surface area contributed by atoms with Crippen molar-refractivity contribution in [1.82, 2.24) is 0 Å². The number of fused-ring (bicyclic) bond motifs is 2. The highest BCUT2D eigenvalue weighted by atomic mass is 32.1. The number of hydrogen-bond acceptors (Lipinski definition) is 3. The third-order valence-electron chi connectivity index (χ3n) is 2.98. The monoisotopic (exact) mass is 254 g/mol. The lowest BCUT2D eigenvalue weighted by molar-refractivity contribution is 0.101. The van der Waals surface area contributed by atoms with Crippen molar-refractivity contribution in [2.45, 2.75) is 6.92 Å². The summed E-state index contributed by atoms with van der Waals surface area (Å²) in [6, 6.07) is 12.8. The molecule has 0 N–H and O–H groups in total. The number of Topliss-reactive ketones (excluding diaryl/α,β-unsaturated/α-hetero) is 1. The largest absolute Gasteiger partial charge is 0.295 e. The average molecular weight is 254 g/mol. The van der Waals surface area contributed by atoms with E-state index in [1.54, 1.807) is 29.5 Å². The second kappa shape index (κ2) is 4.03. The molecule has 0 unspecified atom stereocenters. The minimum absolute atomic E-state index is 0.0182. The van der Waals surface area contributed by atoms with Crippen LogP contribution in [0.1, 0.15) is 17.3 Å². The van der Waals surface area contributed by atoms with Crippen molar-refractivity contribution in [2.75, 3.05) is 0 Å². The van der Waals surface area contributed by atoms with Gasteiger partial charge in [0.1, 0.15) is 0 Å². The van der Waals surface area contributed by atoms with E-state index in [2.05, 4.69) is 0 Å². The van der Waals surface area contributed by atoms with Gasteiger partial charge in [0.15, 0.2) is 11.2 Å².